The first-order chi connectivity index (χ1) is 12.2. The fraction of sp³-hybridized carbons (Fsp3) is 0.250. The highest BCUT2D eigenvalue weighted by atomic mass is 16.2. The van der Waals surface area contributed by atoms with Gasteiger partial charge in [0.05, 0.1) is 6.04 Å². The molecular weight excluding hydrogens is 312 g/mol. The van der Waals surface area contributed by atoms with Gasteiger partial charge in [-0.1, -0.05) is 35.9 Å². The van der Waals surface area contributed by atoms with E-state index in [4.69, 9.17) is 0 Å². The summed E-state index contributed by atoms with van der Waals surface area (Å²) in [4.78, 5) is 19.1. The molecule has 0 saturated heterocycles. The van der Waals surface area contributed by atoms with Crippen LogP contribution < -0.4 is 0 Å². The van der Waals surface area contributed by atoms with Crippen molar-refractivity contribution in [1.82, 2.24) is 19.7 Å². The SMILES string of the molecule is CCN(C(=O)Cn1cccn1)[C@H](c1ccc(C)cc1)c1cccnc1. The van der Waals surface area contributed by atoms with Gasteiger partial charge in [0, 0.05) is 31.3 Å². The number of likely N-dealkylation sites (N-methyl/N-ethyl adjacent to an activating group) is 1. The molecule has 3 rings (SSSR count). The van der Waals surface area contributed by atoms with Crippen LogP contribution in [0.2, 0.25) is 0 Å². The van der Waals surface area contributed by atoms with E-state index in [2.05, 4.69) is 41.3 Å². The number of hydrogen-bond acceptors (Lipinski definition) is 3. The normalized spacial score (nSPS) is 11.9. The molecule has 25 heavy (non-hydrogen) atoms. The van der Waals surface area contributed by atoms with Gasteiger partial charge in [0.15, 0.2) is 0 Å². The summed E-state index contributed by atoms with van der Waals surface area (Å²) in [6.07, 6.45) is 7.06. The highest BCUT2D eigenvalue weighted by Crippen LogP contribution is 2.28. The molecule has 0 unspecified atom stereocenters. The van der Waals surface area contributed by atoms with Gasteiger partial charge in [-0.3, -0.25) is 14.5 Å². The number of carbonyl (C=O) groups excluding carboxylic acids is 1. The average molecular weight is 334 g/mol. The van der Waals surface area contributed by atoms with Crippen molar-refractivity contribution in [3.8, 4) is 0 Å². The summed E-state index contributed by atoms with van der Waals surface area (Å²) in [5.74, 6) is 0.0284. The van der Waals surface area contributed by atoms with Gasteiger partial charge in [0.25, 0.3) is 0 Å². The Kier molecular flexibility index (Phi) is 5.23. The molecule has 0 saturated carbocycles. The third-order valence-corrected chi connectivity index (χ3v) is 4.22. The zero-order valence-corrected chi connectivity index (χ0v) is 14.5. The molecule has 2 heterocycles. The maximum atomic E-state index is 12.9. The summed E-state index contributed by atoms with van der Waals surface area (Å²) in [6, 6.07) is 13.9. The van der Waals surface area contributed by atoms with Gasteiger partial charge in [-0.05, 0) is 37.1 Å². The maximum Gasteiger partial charge on any atom is 0.245 e. The second-order valence-corrected chi connectivity index (χ2v) is 5.98. The van der Waals surface area contributed by atoms with Crippen LogP contribution in [0.25, 0.3) is 0 Å². The number of rotatable bonds is 6. The van der Waals surface area contributed by atoms with Crippen molar-refractivity contribution in [1.29, 1.82) is 0 Å². The molecule has 0 aliphatic carbocycles. The van der Waals surface area contributed by atoms with E-state index in [1.807, 2.05) is 36.2 Å². The summed E-state index contributed by atoms with van der Waals surface area (Å²) in [5.41, 5.74) is 3.27. The van der Waals surface area contributed by atoms with Gasteiger partial charge in [-0.15, -0.1) is 0 Å². The zero-order valence-electron chi connectivity index (χ0n) is 14.5. The second-order valence-electron chi connectivity index (χ2n) is 5.98. The minimum absolute atomic E-state index is 0.0284. The number of aromatic nitrogens is 3. The smallest absolute Gasteiger partial charge is 0.245 e. The number of nitrogens with zero attached hydrogens (tertiary/aromatic N) is 4. The van der Waals surface area contributed by atoms with Gasteiger partial charge in [-0.25, -0.2) is 0 Å². The Morgan fingerprint density at radius 1 is 1.12 bits per heavy atom. The van der Waals surface area contributed by atoms with E-state index < -0.39 is 0 Å². The molecule has 0 aliphatic rings. The predicted octanol–water partition coefficient (Wildman–Crippen LogP) is 3.22. The molecule has 0 spiro atoms. The molecule has 1 atom stereocenters. The lowest BCUT2D eigenvalue weighted by molar-refractivity contribution is -0.133. The summed E-state index contributed by atoms with van der Waals surface area (Å²) in [7, 11) is 0. The highest BCUT2D eigenvalue weighted by molar-refractivity contribution is 5.77. The first-order valence-electron chi connectivity index (χ1n) is 8.42. The van der Waals surface area contributed by atoms with Gasteiger partial charge in [0.2, 0.25) is 5.91 Å². The molecule has 0 aliphatic heterocycles. The van der Waals surface area contributed by atoms with Crippen molar-refractivity contribution >= 4 is 5.91 Å². The molecule has 5 nitrogen and oxygen atoms in total. The highest BCUT2D eigenvalue weighted by Gasteiger charge is 2.26. The molecule has 0 radical (unpaired) electrons. The molecule has 0 bridgehead atoms. The van der Waals surface area contributed by atoms with E-state index in [0.717, 1.165) is 11.1 Å². The maximum absolute atomic E-state index is 12.9. The standard InChI is InChI=1S/C20H22N4O/c1-3-24(19(25)15-23-13-5-12-22-23)20(18-6-4-11-21-14-18)17-9-7-16(2)8-10-17/h4-14,20H,3,15H2,1-2H3/t20-/m1/s1. The minimum atomic E-state index is -0.164. The summed E-state index contributed by atoms with van der Waals surface area (Å²) < 4.78 is 1.65. The Morgan fingerprint density at radius 3 is 2.52 bits per heavy atom. The average Bonchev–Trinajstić information content (AvgIpc) is 3.14. The third kappa shape index (κ3) is 3.94. The van der Waals surface area contributed by atoms with Crippen LogP contribution in [-0.4, -0.2) is 32.1 Å². The Morgan fingerprint density at radius 2 is 1.92 bits per heavy atom. The molecular formula is C20H22N4O. The van der Waals surface area contributed by atoms with Gasteiger partial charge >= 0.3 is 0 Å². The fourth-order valence-electron chi connectivity index (χ4n) is 2.97. The third-order valence-electron chi connectivity index (χ3n) is 4.22. The van der Waals surface area contributed by atoms with Crippen molar-refractivity contribution in [2.75, 3.05) is 6.54 Å². The van der Waals surface area contributed by atoms with Crippen molar-refractivity contribution in [3.63, 3.8) is 0 Å². The van der Waals surface area contributed by atoms with Crippen LogP contribution in [0.4, 0.5) is 0 Å². The quantitative estimate of drug-likeness (QED) is 0.695. The summed E-state index contributed by atoms with van der Waals surface area (Å²) in [6.45, 7) is 4.89. The van der Waals surface area contributed by atoms with Crippen molar-refractivity contribution in [3.05, 3.63) is 83.9 Å². The lowest BCUT2D eigenvalue weighted by atomic mass is 9.97. The van der Waals surface area contributed by atoms with E-state index in [-0.39, 0.29) is 18.5 Å². The van der Waals surface area contributed by atoms with Crippen molar-refractivity contribution < 1.29 is 4.79 Å². The van der Waals surface area contributed by atoms with E-state index in [9.17, 15) is 4.79 Å². The molecule has 2 aromatic heterocycles. The van der Waals surface area contributed by atoms with Crippen molar-refractivity contribution in [2.24, 2.45) is 0 Å². The van der Waals surface area contributed by atoms with E-state index in [0.29, 0.717) is 6.54 Å². The van der Waals surface area contributed by atoms with Gasteiger partial charge in [-0.2, -0.15) is 5.10 Å². The number of pyridine rings is 1. The van der Waals surface area contributed by atoms with E-state index in [1.165, 1.54) is 5.56 Å². The van der Waals surface area contributed by atoms with Crippen molar-refractivity contribution in [2.45, 2.75) is 26.4 Å². The molecule has 1 amide bonds. The first-order valence-corrected chi connectivity index (χ1v) is 8.42. The second kappa shape index (κ2) is 7.75. The molecule has 128 valence electrons. The number of carbonyl (C=O) groups is 1. The largest absolute Gasteiger partial charge is 0.330 e. The van der Waals surface area contributed by atoms with Crippen LogP contribution in [0.1, 0.15) is 29.7 Å². The molecule has 0 fully saturated rings. The van der Waals surface area contributed by atoms with Crippen LogP contribution >= 0.6 is 0 Å². The van der Waals surface area contributed by atoms with Crippen LogP contribution in [0.3, 0.4) is 0 Å². The van der Waals surface area contributed by atoms with Crippen LogP contribution in [0.5, 0.6) is 0 Å². The van der Waals surface area contributed by atoms with Crippen LogP contribution in [0, 0.1) is 6.92 Å². The van der Waals surface area contributed by atoms with Crippen LogP contribution in [-0.2, 0) is 11.3 Å². The lowest BCUT2D eigenvalue weighted by Crippen LogP contribution is -2.37. The van der Waals surface area contributed by atoms with E-state index in [1.54, 1.807) is 23.3 Å². The summed E-state index contributed by atoms with van der Waals surface area (Å²) >= 11 is 0. The zero-order chi connectivity index (χ0) is 17.6. The topological polar surface area (TPSA) is 51.0 Å². The number of aryl methyl sites for hydroxylation is 1. The predicted molar refractivity (Wildman–Crippen MR) is 96.9 cm³/mol. The molecule has 3 aromatic rings. The monoisotopic (exact) mass is 334 g/mol. The summed E-state index contributed by atoms with van der Waals surface area (Å²) in [5, 5.41) is 4.15. The minimum Gasteiger partial charge on any atom is -0.330 e. The Hall–Kier alpha value is -2.95. The molecule has 0 N–H and O–H groups in total. The Bertz CT molecular complexity index is 797. The molecule has 5 heteroatoms. The number of benzene rings is 1. The Balaban J connectivity index is 1.96. The van der Waals surface area contributed by atoms with E-state index >= 15 is 0 Å². The Labute approximate surface area is 147 Å². The van der Waals surface area contributed by atoms with Gasteiger partial charge in [0.1, 0.15) is 6.54 Å². The van der Waals surface area contributed by atoms with Gasteiger partial charge < -0.3 is 4.90 Å². The first kappa shape index (κ1) is 16.9. The fourth-order valence-corrected chi connectivity index (χ4v) is 2.97. The number of hydrogen-bond donors (Lipinski definition) is 0. The molecule has 1 aromatic carbocycles. The van der Waals surface area contributed by atoms with Crippen LogP contribution in [0.15, 0.2) is 67.3 Å². The lowest BCUT2D eigenvalue weighted by Gasteiger charge is -2.31. The number of amides is 1.